The Morgan fingerprint density at radius 1 is 1.44 bits per heavy atom. The lowest BCUT2D eigenvalue weighted by Gasteiger charge is -2.33. The molecule has 1 aromatic rings. The van der Waals surface area contributed by atoms with Gasteiger partial charge in [-0.25, -0.2) is 4.98 Å². The molecular formula is C12H14BrN3O2. The molecule has 3 heterocycles. The fourth-order valence-electron chi connectivity index (χ4n) is 2.43. The van der Waals surface area contributed by atoms with E-state index in [1.807, 2.05) is 12.1 Å². The Balaban J connectivity index is 1.82. The topological polar surface area (TPSA) is 63.2 Å². The molecule has 0 spiro atoms. The highest BCUT2D eigenvalue weighted by Crippen LogP contribution is 2.32. The van der Waals surface area contributed by atoms with Crippen LogP contribution in [0.1, 0.15) is 12.8 Å². The second-order valence-corrected chi connectivity index (χ2v) is 5.43. The van der Waals surface area contributed by atoms with Crippen molar-refractivity contribution in [3.63, 3.8) is 0 Å². The number of nitrogens with one attached hydrogen (secondary N) is 2. The standard InChI is InChI=1S/C12H14BrN3O2/c13-9-4-3-8-11(15-9)16-12(17)10(18-8)7-2-1-5-14-6-7/h3-4,7,10,14H,1-2,5-6H2,(H,15,16,17). The van der Waals surface area contributed by atoms with E-state index < -0.39 is 6.10 Å². The fourth-order valence-corrected chi connectivity index (χ4v) is 2.74. The van der Waals surface area contributed by atoms with E-state index >= 15 is 0 Å². The van der Waals surface area contributed by atoms with Gasteiger partial charge in [-0.2, -0.15) is 0 Å². The predicted molar refractivity (Wildman–Crippen MR) is 70.6 cm³/mol. The van der Waals surface area contributed by atoms with Crippen LogP contribution in [-0.4, -0.2) is 30.1 Å². The van der Waals surface area contributed by atoms with Gasteiger partial charge >= 0.3 is 0 Å². The maximum absolute atomic E-state index is 12.0. The van der Waals surface area contributed by atoms with E-state index in [0.717, 1.165) is 25.9 Å². The minimum atomic E-state index is -0.409. The summed E-state index contributed by atoms with van der Waals surface area (Å²) in [7, 11) is 0. The molecule has 0 radical (unpaired) electrons. The number of carbonyl (C=O) groups is 1. The smallest absolute Gasteiger partial charge is 0.267 e. The third-order valence-corrected chi connectivity index (χ3v) is 3.78. The minimum absolute atomic E-state index is 0.0956. The minimum Gasteiger partial charge on any atom is -0.476 e. The van der Waals surface area contributed by atoms with E-state index in [0.29, 0.717) is 16.2 Å². The van der Waals surface area contributed by atoms with Crippen LogP contribution in [0.25, 0.3) is 0 Å². The number of amides is 1. The van der Waals surface area contributed by atoms with Crippen molar-refractivity contribution in [2.75, 3.05) is 18.4 Å². The molecule has 2 N–H and O–H groups in total. The van der Waals surface area contributed by atoms with Crippen molar-refractivity contribution in [2.45, 2.75) is 18.9 Å². The molecule has 0 bridgehead atoms. The molecule has 1 amide bonds. The molecule has 0 aromatic carbocycles. The van der Waals surface area contributed by atoms with Crippen LogP contribution in [0.4, 0.5) is 5.82 Å². The van der Waals surface area contributed by atoms with Gasteiger partial charge in [-0.15, -0.1) is 0 Å². The van der Waals surface area contributed by atoms with E-state index in [4.69, 9.17) is 4.74 Å². The van der Waals surface area contributed by atoms with Crippen molar-refractivity contribution in [1.82, 2.24) is 10.3 Å². The van der Waals surface area contributed by atoms with Crippen molar-refractivity contribution in [1.29, 1.82) is 0 Å². The number of hydrogen-bond donors (Lipinski definition) is 2. The maximum atomic E-state index is 12.0. The van der Waals surface area contributed by atoms with Gasteiger partial charge in [0.25, 0.3) is 5.91 Å². The van der Waals surface area contributed by atoms with Crippen LogP contribution in [0.2, 0.25) is 0 Å². The number of nitrogens with zero attached hydrogens (tertiary/aromatic N) is 1. The van der Waals surface area contributed by atoms with Gasteiger partial charge in [0.15, 0.2) is 17.7 Å². The molecule has 1 fully saturated rings. The average Bonchev–Trinajstić information content (AvgIpc) is 2.39. The zero-order chi connectivity index (χ0) is 12.5. The molecule has 2 aliphatic heterocycles. The number of pyridine rings is 1. The van der Waals surface area contributed by atoms with Crippen LogP contribution in [0.5, 0.6) is 5.75 Å². The Morgan fingerprint density at radius 2 is 2.33 bits per heavy atom. The van der Waals surface area contributed by atoms with E-state index in [2.05, 4.69) is 31.5 Å². The number of fused-ring (bicyclic) bond motifs is 1. The van der Waals surface area contributed by atoms with Crippen molar-refractivity contribution in [3.05, 3.63) is 16.7 Å². The van der Waals surface area contributed by atoms with Crippen molar-refractivity contribution in [3.8, 4) is 5.75 Å². The largest absolute Gasteiger partial charge is 0.476 e. The third kappa shape index (κ3) is 2.22. The number of piperidine rings is 1. The molecular weight excluding hydrogens is 298 g/mol. The van der Waals surface area contributed by atoms with E-state index in [1.54, 1.807) is 0 Å². The average molecular weight is 312 g/mol. The number of ether oxygens (including phenoxy) is 1. The van der Waals surface area contributed by atoms with E-state index in [1.165, 1.54) is 0 Å². The summed E-state index contributed by atoms with van der Waals surface area (Å²) in [6.07, 6.45) is 1.70. The number of hydrogen-bond acceptors (Lipinski definition) is 4. The van der Waals surface area contributed by atoms with E-state index in [-0.39, 0.29) is 11.8 Å². The molecule has 18 heavy (non-hydrogen) atoms. The number of rotatable bonds is 1. The summed E-state index contributed by atoms with van der Waals surface area (Å²) in [5, 5.41) is 6.12. The fraction of sp³-hybridized carbons (Fsp3) is 0.500. The number of carbonyl (C=O) groups excluding carboxylic acids is 1. The molecule has 0 aliphatic carbocycles. The SMILES string of the molecule is O=C1Nc2nc(Br)ccc2OC1C1CCCNC1. The van der Waals surface area contributed by atoms with Crippen LogP contribution >= 0.6 is 15.9 Å². The Labute approximate surface area is 113 Å². The summed E-state index contributed by atoms with van der Waals surface area (Å²) in [5.41, 5.74) is 0. The second-order valence-electron chi connectivity index (χ2n) is 4.61. The first-order chi connectivity index (χ1) is 8.74. The van der Waals surface area contributed by atoms with Crippen LogP contribution in [0.15, 0.2) is 16.7 Å². The molecule has 1 saturated heterocycles. The highest BCUT2D eigenvalue weighted by atomic mass is 79.9. The van der Waals surface area contributed by atoms with Gasteiger partial charge in [-0.1, -0.05) is 0 Å². The van der Waals surface area contributed by atoms with Crippen molar-refractivity contribution in [2.24, 2.45) is 5.92 Å². The van der Waals surface area contributed by atoms with Crippen LogP contribution in [0, 0.1) is 5.92 Å². The monoisotopic (exact) mass is 311 g/mol. The maximum Gasteiger partial charge on any atom is 0.267 e. The summed E-state index contributed by atoms with van der Waals surface area (Å²) in [6, 6.07) is 3.64. The summed E-state index contributed by atoms with van der Waals surface area (Å²) in [6.45, 7) is 1.85. The molecule has 1 aromatic heterocycles. The highest BCUT2D eigenvalue weighted by Gasteiger charge is 2.35. The predicted octanol–water partition coefficient (Wildman–Crippen LogP) is 1.54. The molecule has 2 atom stereocenters. The lowest BCUT2D eigenvalue weighted by Crippen LogP contribution is -2.48. The Hall–Kier alpha value is -1.14. The van der Waals surface area contributed by atoms with Gasteiger partial charge < -0.3 is 15.4 Å². The first-order valence-electron chi connectivity index (χ1n) is 6.09. The van der Waals surface area contributed by atoms with Crippen LogP contribution < -0.4 is 15.4 Å². The summed E-state index contributed by atoms with van der Waals surface area (Å²) >= 11 is 3.27. The Morgan fingerprint density at radius 3 is 3.11 bits per heavy atom. The molecule has 96 valence electrons. The van der Waals surface area contributed by atoms with Crippen molar-refractivity contribution >= 4 is 27.7 Å². The van der Waals surface area contributed by atoms with Gasteiger partial charge in [0.05, 0.1) is 0 Å². The number of anilines is 1. The lowest BCUT2D eigenvalue weighted by atomic mass is 9.92. The molecule has 6 heteroatoms. The van der Waals surface area contributed by atoms with Gasteiger partial charge in [0.1, 0.15) is 4.60 Å². The molecule has 5 nitrogen and oxygen atoms in total. The van der Waals surface area contributed by atoms with Crippen LogP contribution in [-0.2, 0) is 4.79 Å². The van der Waals surface area contributed by atoms with Gasteiger partial charge in [0.2, 0.25) is 0 Å². The summed E-state index contributed by atoms with van der Waals surface area (Å²) in [4.78, 5) is 16.2. The summed E-state index contributed by atoms with van der Waals surface area (Å²) < 4.78 is 6.49. The third-order valence-electron chi connectivity index (χ3n) is 3.34. The molecule has 2 unspecified atom stereocenters. The lowest BCUT2D eigenvalue weighted by molar-refractivity contribution is -0.126. The van der Waals surface area contributed by atoms with Crippen molar-refractivity contribution < 1.29 is 9.53 Å². The number of halogens is 1. The highest BCUT2D eigenvalue weighted by molar-refractivity contribution is 9.10. The quantitative estimate of drug-likeness (QED) is 0.772. The van der Waals surface area contributed by atoms with E-state index in [9.17, 15) is 4.79 Å². The van der Waals surface area contributed by atoms with Gasteiger partial charge in [-0.05, 0) is 47.4 Å². The summed E-state index contributed by atoms with van der Waals surface area (Å²) in [5.74, 6) is 1.28. The second kappa shape index (κ2) is 4.85. The number of aromatic nitrogens is 1. The first-order valence-corrected chi connectivity index (χ1v) is 6.88. The zero-order valence-electron chi connectivity index (χ0n) is 9.78. The van der Waals surface area contributed by atoms with Gasteiger partial charge in [0, 0.05) is 12.5 Å². The zero-order valence-corrected chi connectivity index (χ0v) is 11.4. The van der Waals surface area contributed by atoms with Crippen LogP contribution in [0.3, 0.4) is 0 Å². The molecule has 0 saturated carbocycles. The normalized spacial score (nSPS) is 27.1. The first kappa shape index (κ1) is 11.9. The Kier molecular flexibility index (Phi) is 3.22. The van der Waals surface area contributed by atoms with Gasteiger partial charge in [-0.3, -0.25) is 4.79 Å². The molecule has 3 rings (SSSR count). The Bertz CT molecular complexity index is 474. The molecule has 2 aliphatic rings.